The molecule has 0 spiro atoms. The highest BCUT2D eigenvalue weighted by Crippen LogP contribution is 2.27. The number of carbonyl (C=O) groups excluding carboxylic acids is 1. The third-order valence-corrected chi connectivity index (χ3v) is 3.78. The molecule has 3 heterocycles. The van der Waals surface area contributed by atoms with E-state index in [1.807, 2.05) is 4.90 Å². The van der Waals surface area contributed by atoms with Gasteiger partial charge in [-0.1, -0.05) is 0 Å². The number of aliphatic hydroxyl groups is 2. The fourth-order valence-corrected chi connectivity index (χ4v) is 2.79. The second-order valence-electron chi connectivity index (χ2n) is 4.84. The number of aliphatic hydroxyl groups excluding tert-OH is 2. The predicted molar refractivity (Wildman–Crippen MR) is 59.9 cm³/mol. The number of nitrogens with one attached hydrogen (secondary N) is 3. The van der Waals surface area contributed by atoms with Gasteiger partial charge in [0.05, 0.1) is 32.2 Å². The summed E-state index contributed by atoms with van der Waals surface area (Å²) in [6, 6.07) is -0.298. The Morgan fingerprint density at radius 2 is 2.28 bits per heavy atom. The van der Waals surface area contributed by atoms with Crippen LogP contribution >= 0.6 is 0 Å². The van der Waals surface area contributed by atoms with Gasteiger partial charge in [-0.2, -0.15) is 0 Å². The van der Waals surface area contributed by atoms with Gasteiger partial charge in [0.1, 0.15) is 18.4 Å². The van der Waals surface area contributed by atoms with E-state index in [4.69, 9.17) is 9.84 Å². The summed E-state index contributed by atoms with van der Waals surface area (Å²) < 4.78 is 5.61. The second-order valence-corrected chi connectivity index (χ2v) is 4.84. The lowest BCUT2D eigenvalue weighted by Crippen LogP contribution is -2.63. The molecule has 0 aromatic rings. The fraction of sp³-hybridized carbons (Fsp3) is 0.900. The van der Waals surface area contributed by atoms with Gasteiger partial charge in [0.25, 0.3) is 0 Å². The van der Waals surface area contributed by atoms with Crippen LogP contribution in [0.5, 0.6) is 0 Å². The molecule has 0 radical (unpaired) electrons. The summed E-state index contributed by atoms with van der Waals surface area (Å²) in [6.07, 6.45) is -1.16. The van der Waals surface area contributed by atoms with E-state index < -0.39 is 12.2 Å². The molecule has 0 aromatic heterocycles. The van der Waals surface area contributed by atoms with Crippen LogP contribution < -0.4 is 16.0 Å². The number of fused-ring (bicyclic) bond motifs is 1. The summed E-state index contributed by atoms with van der Waals surface area (Å²) in [5.74, 6) is -0.0292. The van der Waals surface area contributed by atoms with Crippen molar-refractivity contribution in [3.63, 3.8) is 0 Å². The zero-order chi connectivity index (χ0) is 12.7. The third kappa shape index (κ3) is 1.91. The normalized spacial score (nSPS) is 45.0. The first-order valence-corrected chi connectivity index (χ1v) is 6.15. The molecule has 3 aliphatic heterocycles. The van der Waals surface area contributed by atoms with Gasteiger partial charge in [0.2, 0.25) is 5.91 Å². The number of hydrogen-bond donors (Lipinski definition) is 5. The van der Waals surface area contributed by atoms with Gasteiger partial charge in [-0.15, -0.1) is 0 Å². The molecular weight excluding hydrogens is 240 g/mol. The van der Waals surface area contributed by atoms with Crippen LogP contribution in [0.2, 0.25) is 0 Å². The SMILES string of the molecule is O=C1NCNC2C1NCN2C1CC(O)C(CO)O1. The van der Waals surface area contributed by atoms with Crippen LogP contribution in [0.1, 0.15) is 6.42 Å². The Morgan fingerprint density at radius 1 is 1.44 bits per heavy atom. The van der Waals surface area contributed by atoms with E-state index in [1.165, 1.54) is 0 Å². The highest BCUT2D eigenvalue weighted by atomic mass is 16.5. The Balaban J connectivity index is 1.69. The molecule has 18 heavy (non-hydrogen) atoms. The molecular formula is C10H18N4O4. The lowest BCUT2D eigenvalue weighted by atomic mass is 10.1. The molecule has 3 aliphatic rings. The van der Waals surface area contributed by atoms with E-state index in [0.717, 1.165) is 0 Å². The maximum Gasteiger partial charge on any atom is 0.241 e. The Kier molecular flexibility index (Phi) is 3.22. The van der Waals surface area contributed by atoms with Crippen molar-refractivity contribution < 1.29 is 19.7 Å². The monoisotopic (exact) mass is 258 g/mol. The van der Waals surface area contributed by atoms with Crippen molar-refractivity contribution in [2.45, 2.75) is 37.1 Å². The second kappa shape index (κ2) is 4.72. The molecule has 0 bridgehead atoms. The summed E-state index contributed by atoms with van der Waals surface area (Å²) in [5, 5.41) is 27.8. The van der Waals surface area contributed by atoms with Crippen molar-refractivity contribution >= 4 is 5.91 Å². The highest BCUT2D eigenvalue weighted by molar-refractivity contribution is 5.83. The van der Waals surface area contributed by atoms with Crippen molar-refractivity contribution in [2.75, 3.05) is 19.9 Å². The van der Waals surface area contributed by atoms with Crippen LogP contribution in [0.3, 0.4) is 0 Å². The first-order valence-electron chi connectivity index (χ1n) is 6.15. The molecule has 0 aliphatic carbocycles. The first kappa shape index (κ1) is 12.3. The molecule has 5 atom stereocenters. The lowest BCUT2D eigenvalue weighted by molar-refractivity contribution is -0.128. The van der Waals surface area contributed by atoms with Crippen LogP contribution in [-0.2, 0) is 9.53 Å². The van der Waals surface area contributed by atoms with Gasteiger partial charge in [0, 0.05) is 6.42 Å². The third-order valence-electron chi connectivity index (χ3n) is 3.78. The van der Waals surface area contributed by atoms with Gasteiger partial charge in [-0.05, 0) is 0 Å². The molecule has 0 saturated carbocycles. The van der Waals surface area contributed by atoms with Gasteiger partial charge < -0.3 is 20.3 Å². The average Bonchev–Trinajstić information content (AvgIpc) is 2.93. The zero-order valence-electron chi connectivity index (χ0n) is 9.87. The van der Waals surface area contributed by atoms with Gasteiger partial charge in [0.15, 0.2) is 0 Å². The van der Waals surface area contributed by atoms with Gasteiger partial charge in [-0.25, -0.2) is 4.90 Å². The number of carbonyl (C=O) groups is 1. The molecule has 102 valence electrons. The fourth-order valence-electron chi connectivity index (χ4n) is 2.79. The first-order chi connectivity index (χ1) is 8.70. The minimum absolute atomic E-state index is 0.0292. The van der Waals surface area contributed by atoms with Crippen LogP contribution in [0.4, 0.5) is 0 Å². The molecule has 3 fully saturated rings. The highest BCUT2D eigenvalue weighted by Gasteiger charge is 2.47. The van der Waals surface area contributed by atoms with E-state index in [0.29, 0.717) is 19.8 Å². The van der Waals surface area contributed by atoms with Crippen molar-refractivity contribution in [2.24, 2.45) is 0 Å². The number of rotatable bonds is 2. The molecule has 3 rings (SSSR count). The van der Waals surface area contributed by atoms with E-state index in [-0.39, 0.29) is 30.9 Å². The minimum atomic E-state index is -0.656. The molecule has 8 heteroatoms. The lowest BCUT2D eigenvalue weighted by Gasteiger charge is -2.34. The smallest absolute Gasteiger partial charge is 0.241 e. The largest absolute Gasteiger partial charge is 0.394 e. The summed E-state index contributed by atoms with van der Waals surface area (Å²) in [5.41, 5.74) is 0. The van der Waals surface area contributed by atoms with Gasteiger partial charge >= 0.3 is 0 Å². The van der Waals surface area contributed by atoms with E-state index in [2.05, 4.69) is 16.0 Å². The summed E-state index contributed by atoms with van der Waals surface area (Å²) in [7, 11) is 0. The quantitative estimate of drug-likeness (QED) is 0.353. The standard InChI is InChI=1S/C10H18N4O4/c15-2-6-5(16)1-7(18-6)14-4-13-8-9(14)11-3-12-10(8)17/h5-9,11,13,15-16H,1-4H2,(H,12,17). The zero-order valence-corrected chi connectivity index (χ0v) is 9.87. The molecule has 3 saturated heterocycles. The molecule has 5 unspecified atom stereocenters. The molecule has 0 aromatic carbocycles. The molecule has 5 N–H and O–H groups in total. The Bertz CT molecular complexity index is 342. The Hall–Kier alpha value is -0.770. The van der Waals surface area contributed by atoms with Crippen LogP contribution in [-0.4, -0.2) is 71.6 Å². The Morgan fingerprint density at radius 3 is 3.00 bits per heavy atom. The average molecular weight is 258 g/mol. The summed E-state index contributed by atoms with van der Waals surface area (Å²) in [4.78, 5) is 13.6. The number of nitrogens with zero attached hydrogens (tertiary/aromatic N) is 1. The topological polar surface area (TPSA) is 106 Å². The van der Waals surface area contributed by atoms with E-state index >= 15 is 0 Å². The maximum absolute atomic E-state index is 11.7. The van der Waals surface area contributed by atoms with E-state index in [9.17, 15) is 9.90 Å². The Labute approximate surface area is 104 Å². The molecule has 1 amide bonds. The van der Waals surface area contributed by atoms with E-state index in [1.54, 1.807) is 0 Å². The summed E-state index contributed by atoms with van der Waals surface area (Å²) >= 11 is 0. The van der Waals surface area contributed by atoms with Crippen molar-refractivity contribution in [1.82, 2.24) is 20.9 Å². The minimum Gasteiger partial charge on any atom is -0.394 e. The predicted octanol–water partition coefficient (Wildman–Crippen LogP) is -3.31. The number of amides is 1. The van der Waals surface area contributed by atoms with Crippen molar-refractivity contribution in [3.8, 4) is 0 Å². The number of ether oxygens (including phenoxy) is 1. The van der Waals surface area contributed by atoms with Crippen molar-refractivity contribution in [3.05, 3.63) is 0 Å². The summed E-state index contributed by atoms with van der Waals surface area (Å²) in [6.45, 7) is 0.753. The maximum atomic E-state index is 11.7. The number of hydrogen-bond acceptors (Lipinski definition) is 7. The van der Waals surface area contributed by atoms with Crippen LogP contribution in [0.15, 0.2) is 0 Å². The van der Waals surface area contributed by atoms with Crippen LogP contribution in [0, 0.1) is 0 Å². The molecule has 8 nitrogen and oxygen atoms in total. The van der Waals surface area contributed by atoms with Gasteiger partial charge in [-0.3, -0.25) is 15.4 Å². The van der Waals surface area contributed by atoms with Crippen molar-refractivity contribution in [1.29, 1.82) is 0 Å². The van der Waals surface area contributed by atoms with Crippen LogP contribution in [0.25, 0.3) is 0 Å².